The molecule has 0 saturated carbocycles. The summed E-state index contributed by atoms with van der Waals surface area (Å²) in [6, 6.07) is 10.7. The standard InChI is InChI=1S/C15H17BrN2O3S/c16-13-3-1-12-8-15(4-2-11(12)7-13)22(20,21)18-6-5-17-14(9-18)10-19/h1-4,7-8,14,17,19H,5-6,9-10H2. The lowest BCUT2D eigenvalue weighted by atomic mass is 10.1. The van der Waals surface area contributed by atoms with Gasteiger partial charge in [-0.3, -0.25) is 0 Å². The van der Waals surface area contributed by atoms with Crippen molar-refractivity contribution in [2.45, 2.75) is 10.9 Å². The van der Waals surface area contributed by atoms with Gasteiger partial charge in [0, 0.05) is 30.1 Å². The molecule has 3 rings (SSSR count). The van der Waals surface area contributed by atoms with Crippen LogP contribution in [0.2, 0.25) is 0 Å². The second-order valence-electron chi connectivity index (χ2n) is 5.35. The summed E-state index contributed by atoms with van der Waals surface area (Å²) in [6.07, 6.45) is 0. The molecule has 2 aromatic rings. The van der Waals surface area contributed by atoms with E-state index in [4.69, 9.17) is 0 Å². The van der Waals surface area contributed by atoms with Crippen LogP contribution in [-0.2, 0) is 10.0 Å². The van der Waals surface area contributed by atoms with E-state index in [2.05, 4.69) is 21.2 Å². The second kappa shape index (κ2) is 6.25. The highest BCUT2D eigenvalue weighted by Crippen LogP contribution is 2.25. The molecular formula is C15H17BrN2O3S. The molecule has 7 heteroatoms. The van der Waals surface area contributed by atoms with Crippen LogP contribution in [-0.4, -0.2) is 50.1 Å². The Bertz CT molecular complexity index is 794. The van der Waals surface area contributed by atoms with Crippen molar-refractivity contribution in [3.05, 3.63) is 40.9 Å². The Morgan fingerprint density at radius 3 is 2.73 bits per heavy atom. The van der Waals surface area contributed by atoms with E-state index >= 15 is 0 Å². The zero-order chi connectivity index (χ0) is 15.7. The van der Waals surface area contributed by atoms with Gasteiger partial charge in [-0.25, -0.2) is 8.42 Å². The summed E-state index contributed by atoms with van der Waals surface area (Å²) in [7, 11) is -3.54. The number of aliphatic hydroxyl groups is 1. The zero-order valence-electron chi connectivity index (χ0n) is 11.9. The third-order valence-corrected chi connectivity index (χ3v) is 6.20. The maximum absolute atomic E-state index is 12.8. The molecule has 0 bridgehead atoms. The molecule has 1 heterocycles. The molecule has 2 N–H and O–H groups in total. The first-order valence-corrected chi connectivity index (χ1v) is 9.28. The molecule has 1 atom stereocenters. The molecule has 0 amide bonds. The van der Waals surface area contributed by atoms with Crippen LogP contribution in [0.1, 0.15) is 0 Å². The maximum Gasteiger partial charge on any atom is 0.243 e. The first-order valence-electron chi connectivity index (χ1n) is 7.04. The highest BCUT2D eigenvalue weighted by Gasteiger charge is 2.29. The number of nitrogens with zero attached hydrogens (tertiary/aromatic N) is 1. The fourth-order valence-corrected chi connectivity index (χ4v) is 4.54. The van der Waals surface area contributed by atoms with Gasteiger partial charge in [0.25, 0.3) is 0 Å². The summed E-state index contributed by atoms with van der Waals surface area (Å²) >= 11 is 3.41. The minimum atomic E-state index is -3.54. The molecule has 1 saturated heterocycles. The summed E-state index contributed by atoms with van der Waals surface area (Å²) in [5.74, 6) is 0. The van der Waals surface area contributed by atoms with E-state index in [9.17, 15) is 13.5 Å². The quantitative estimate of drug-likeness (QED) is 0.842. The van der Waals surface area contributed by atoms with Gasteiger partial charge >= 0.3 is 0 Å². The van der Waals surface area contributed by atoms with E-state index in [1.807, 2.05) is 24.3 Å². The molecular weight excluding hydrogens is 368 g/mol. The summed E-state index contributed by atoms with van der Waals surface area (Å²) in [4.78, 5) is 0.293. The molecule has 5 nitrogen and oxygen atoms in total. The van der Waals surface area contributed by atoms with Crippen molar-refractivity contribution in [1.29, 1.82) is 0 Å². The van der Waals surface area contributed by atoms with Crippen LogP contribution < -0.4 is 5.32 Å². The van der Waals surface area contributed by atoms with Gasteiger partial charge in [0.2, 0.25) is 10.0 Å². The van der Waals surface area contributed by atoms with E-state index in [0.29, 0.717) is 18.0 Å². The monoisotopic (exact) mass is 384 g/mol. The van der Waals surface area contributed by atoms with Crippen LogP contribution in [0.5, 0.6) is 0 Å². The molecule has 0 aromatic heterocycles. The Balaban J connectivity index is 1.96. The minimum Gasteiger partial charge on any atom is -0.395 e. The number of halogens is 1. The SMILES string of the molecule is O=S(=O)(c1ccc2cc(Br)ccc2c1)N1CCNC(CO)C1. The van der Waals surface area contributed by atoms with E-state index in [0.717, 1.165) is 15.2 Å². The van der Waals surface area contributed by atoms with E-state index < -0.39 is 10.0 Å². The van der Waals surface area contributed by atoms with Gasteiger partial charge in [0.1, 0.15) is 0 Å². The van der Waals surface area contributed by atoms with E-state index in [-0.39, 0.29) is 19.2 Å². The van der Waals surface area contributed by atoms with Crippen molar-refractivity contribution in [3.8, 4) is 0 Å². The predicted octanol–water partition coefficient (Wildman–Crippen LogP) is 1.56. The average molecular weight is 385 g/mol. The van der Waals surface area contributed by atoms with Crippen molar-refractivity contribution in [3.63, 3.8) is 0 Å². The second-order valence-corrected chi connectivity index (χ2v) is 8.20. The van der Waals surface area contributed by atoms with Gasteiger partial charge in [0.05, 0.1) is 11.5 Å². The van der Waals surface area contributed by atoms with Crippen molar-refractivity contribution >= 4 is 36.7 Å². The van der Waals surface area contributed by atoms with Crippen LogP contribution in [0, 0.1) is 0 Å². The lowest BCUT2D eigenvalue weighted by Gasteiger charge is -2.32. The first-order chi connectivity index (χ1) is 10.5. The number of fused-ring (bicyclic) bond motifs is 1. The van der Waals surface area contributed by atoms with Crippen LogP contribution in [0.25, 0.3) is 10.8 Å². The number of sulfonamides is 1. The number of aliphatic hydroxyl groups excluding tert-OH is 1. The predicted molar refractivity (Wildman–Crippen MR) is 89.3 cm³/mol. The minimum absolute atomic E-state index is 0.0717. The molecule has 22 heavy (non-hydrogen) atoms. The third-order valence-electron chi connectivity index (χ3n) is 3.85. The number of benzene rings is 2. The Morgan fingerprint density at radius 1 is 1.23 bits per heavy atom. The van der Waals surface area contributed by atoms with E-state index in [1.165, 1.54) is 4.31 Å². The van der Waals surface area contributed by atoms with Gasteiger partial charge < -0.3 is 10.4 Å². The van der Waals surface area contributed by atoms with E-state index in [1.54, 1.807) is 12.1 Å². The van der Waals surface area contributed by atoms with Gasteiger partial charge in [-0.1, -0.05) is 28.1 Å². The largest absolute Gasteiger partial charge is 0.395 e. The van der Waals surface area contributed by atoms with Crippen LogP contribution in [0.4, 0.5) is 0 Å². The number of nitrogens with one attached hydrogen (secondary N) is 1. The number of rotatable bonds is 3. The summed E-state index contributed by atoms with van der Waals surface area (Å²) in [5, 5.41) is 14.2. The van der Waals surface area contributed by atoms with Crippen molar-refractivity contribution < 1.29 is 13.5 Å². The van der Waals surface area contributed by atoms with Gasteiger partial charge in [-0.05, 0) is 35.0 Å². The molecule has 118 valence electrons. The molecule has 1 unspecified atom stereocenters. The summed E-state index contributed by atoms with van der Waals surface area (Å²) in [5.41, 5.74) is 0. The highest BCUT2D eigenvalue weighted by atomic mass is 79.9. The van der Waals surface area contributed by atoms with Crippen LogP contribution >= 0.6 is 15.9 Å². The lowest BCUT2D eigenvalue weighted by molar-refractivity contribution is 0.195. The Morgan fingerprint density at radius 2 is 1.95 bits per heavy atom. The van der Waals surface area contributed by atoms with Crippen molar-refractivity contribution in [2.24, 2.45) is 0 Å². The molecule has 1 aliphatic rings. The number of piperazine rings is 1. The lowest BCUT2D eigenvalue weighted by Crippen LogP contribution is -2.53. The molecule has 2 aromatic carbocycles. The summed E-state index contributed by atoms with van der Waals surface area (Å²) < 4.78 is 27.9. The van der Waals surface area contributed by atoms with Crippen molar-refractivity contribution in [1.82, 2.24) is 9.62 Å². The number of hydrogen-bond donors (Lipinski definition) is 2. The fraction of sp³-hybridized carbons (Fsp3) is 0.333. The third kappa shape index (κ3) is 3.04. The fourth-order valence-electron chi connectivity index (χ4n) is 2.64. The number of hydrogen-bond acceptors (Lipinski definition) is 4. The summed E-state index contributed by atoms with van der Waals surface area (Å²) in [6.45, 7) is 1.18. The molecule has 1 fully saturated rings. The molecule has 0 spiro atoms. The van der Waals surface area contributed by atoms with Gasteiger partial charge in [0.15, 0.2) is 0 Å². The zero-order valence-corrected chi connectivity index (χ0v) is 14.3. The highest BCUT2D eigenvalue weighted by molar-refractivity contribution is 9.10. The van der Waals surface area contributed by atoms with Gasteiger partial charge in [-0.2, -0.15) is 4.31 Å². The maximum atomic E-state index is 12.8. The Hall–Kier alpha value is -0.990. The Labute approximate surface area is 138 Å². The average Bonchev–Trinajstić information content (AvgIpc) is 2.54. The smallest absolute Gasteiger partial charge is 0.243 e. The molecule has 0 radical (unpaired) electrons. The normalized spacial score (nSPS) is 20.4. The van der Waals surface area contributed by atoms with Gasteiger partial charge in [-0.15, -0.1) is 0 Å². The van der Waals surface area contributed by atoms with Crippen LogP contribution in [0.3, 0.4) is 0 Å². The Kier molecular flexibility index (Phi) is 4.52. The van der Waals surface area contributed by atoms with Crippen LogP contribution in [0.15, 0.2) is 45.8 Å². The molecule has 0 aliphatic carbocycles. The molecule has 1 aliphatic heterocycles. The topological polar surface area (TPSA) is 69.6 Å². The first kappa shape index (κ1) is 15.9. The van der Waals surface area contributed by atoms with Crippen molar-refractivity contribution in [2.75, 3.05) is 26.2 Å².